The van der Waals surface area contributed by atoms with Crippen molar-refractivity contribution in [2.45, 2.75) is 19.9 Å². The van der Waals surface area contributed by atoms with E-state index >= 15 is 0 Å². The van der Waals surface area contributed by atoms with E-state index in [1.807, 2.05) is 6.07 Å². The summed E-state index contributed by atoms with van der Waals surface area (Å²) < 4.78 is 30.0. The highest BCUT2D eigenvalue weighted by Gasteiger charge is 2.34. The molecule has 0 aliphatic carbocycles. The van der Waals surface area contributed by atoms with E-state index in [9.17, 15) is 9.59 Å². The number of carbonyl (C=O) groups excluding carboxylic acids is 1. The van der Waals surface area contributed by atoms with Crippen molar-refractivity contribution in [2.75, 3.05) is 35.0 Å². The van der Waals surface area contributed by atoms with Crippen LogP contribution in [0.2, 0.25) is 0 Å². The molecule has 2 aromatic carbocycles. The molecule has 11 heteroatoms. The lowest BCUT2D eigenvalue weighted by atomic mass is 9.95. The minimum atomic E-state index is -0.766. The lowest BCUT2D eigenvalue weighted by Crippen LogP contribution is -2.40. The number of hydrogen-bond acceptors (Lipinski definition) is 9. The van der Waals surface area contributed by atoms with E-state index in [2.05, 4.69) is 27.6 Å². The van der Waals surface area contributed by atoms with E-state index in [0.717, 1.165) is 9.13 Å². The molecule has 200 valence electrons. The van der Waals surface area contributed by atoms with Crippen molar-refractivity contribution in [2.24, 2.45) is 4.99 Å². The average molecular weight is 650 g/mol. The van der Waals surface area contributed by atoms with Crippen LogP contribution in [0.25, 0.3) is 6.08 Å². The van der Waals surface area contributed by atoms with Crippen molar-refractivity contribution >= 4 is 46.0 Å². The number of fused-ring (bicyclic) bond motifs is 1. The highest BCUT2D eigenvalue weighted by Crippen LogP contribution is 2.36. The predicted molar refractivity (Wildman–Crippen MR) is 152 cm³/mol. The summed E-state index contributed by atoms with van der Waals surface area (Å²) in [6.45, 7) is 3.67. The van der Waals surface area contributed by atoms with E-state index in [-0.39, 0.29) is 12.2 Å². The summed E-state index contributed by atoms with van der Waals surface area (Å²) in [7, 11) is 6.22. The fourth-order valence-corrected chi connectivity index (χ4v) is 6.19. The number of hydrogen-bond donors (Lipinski definition) is 0. The van der Waals surface area contributed by atoms with Crippen LogP contribution in [0.1, 0.15) is 31.0 Å². The van der Waals surface area contributed by atoms with Crippen molar-refractivity contribution in [1.29, 1.82) is 0 Å². The zero-order valence-electron chi connectivity index (χ0n) is 21.8. The summed E-state index contributed by atoms with van der Waals surface area (Å²) in [5.74, 6) is 1.66. The van der Waals surface area contributed by atoms with Crippen molar-refractivity contribution < 1.29 is 28.5 Å². The van der Waals surface area contributed by atoms with Crippen molar-refractivity contribution in [3.05, 3.63) is 76.0 Å². The van der Waals surface area contributed by atoms with Gasteiger partial charge in [0.1, 0.15) is 0 Å². The second-order valence-electron chi connectivity index (χ2n) is 8.15. The zero-order chi connectivity index (χ0) is 27.6. The molecular formula is C27H27IN2O7S. The van der Waals surface area contributed by atoms with Crippen LogP contribution < -0.4 is 33.8 Å². The lowest BCUT2D eigenvalue weighted by molar-refractivity contribution is -0.139. The predicted octanol–water partition coefficient (Wildman–Crippen LogP) is 3.44. The quantitative estimate of drug-likeness (QED) is 0.272. The Bertz CT molecular complexity index is 1610. The van der Waals surface area contributed by atoms with Crippen LogP contribution in [0.5, 0.6) is 23.0 Å². The monoisotopic (exact) mass is 650 g/mol. The van der Waals surface area contributed by atoms with E-state index in [4.69, 9.17) is 23.7 Å². The average Bonchev–Trinajstić information content (AvgIpc) is 3.21. The Labute approximate surface area is 237 Å². The maximum Gasteiger partial charge on any atom is 0.338 e. The minimum Gasteiger partial charge on any atom is -0.493 e. The highest BCUT2D eigenvalue weighted by atomic mass is 127. The number of benzene rings is 2. The largest absolute Gasteiger partial charge is 0.493 e. The molecule has 0 N–H and O–H groups in total. The van der Waals surface area contributed by atoms with Crippen LogP contribution in [-0.4, -0.2) is 45.6 Å². The summed E-state index contributed by atoms with van der Waals surface area (Å²) >= 11 is 3.41. The van der Waals surface area contributed by atoms with Gasteiger partial charge in [0.15, 0.2) is 27.8 Å². The van der Waals surface area contributed by atoms with Gasteiger partial charge >= 0.3 is 5.97 Å². The topological polar surface area (TPSA) is 97.6 Å². The maximum atomic E-state index is 13.9. The normalized spacial score (nSPS) is 15.0. The number of halogens is 1. The van der Waals surface area contributed by atoms with Crippen LogP contribution in [0.4, 0.5) is 0 Å². The number of thiazole rings is 1. The van der Waals surface area contributed by atoms with Gasteiger partial charge < -0.3 is 23.7 Å². The molecule has 4 rings (SSSR count). The van der Waals surface area contributed by atoms with E-state index < -0.39 is 12.0 Å². The standard InChI is InChI=1S/C27H27IN2O7S/c1-7-37-26(32)22-14(2)29-27-30(23(22)16-8-9-18(33-3)19(13-16)34-4)25(31)21(38-27)12-15-10-17(28)24(36-6)20(11-15)35-5/h8-13,23H,7H2,1-6H3/b21-12+. The number of aromatic nitrogens is 1. The molecule has 9 nitrogen and oxygen atoms in total. The first-order valence-electron chi connectivity index (χ1n) is 11.6. The highest BCUT2D eigenvalue weighted by molar-refractivity contribution is 14.1. The second-order valence-corrected chi connectivity index (χ2v) is 10.3. The number of nitrogens with zero attached hydrogens (tertiary/aromatic N) is 2. The fourth-order valence-electron chi connectivity index (χ4n) is 4.30. The van der Waals surface area contributed by atoms with Crippen molar-refractivity contribution in [3.63, 3.8) is 0 Å². The summed E-state index contributed by atoms with van der Waals surface area (Å²) in [4.78, 5) is 32.1. The van der Waals surface area contributed by atoms with Gasteiger partial charge in [-0.05, 0) is 77.9 Å². The van der Waals surface area contributed by atoms with Gasteiger partial charge in [-0.25, -0.2) is 9.79 Å². The van der Waals surface area contributed by atoms with Gasteiger partial charge in [0.2, 0.25) is 0 Å². The van der Waals surface area contributed by atoms with Crippen LogP contribution in [0.3, 0.4) is 0 Å². The van der Waals surface area contributed by atoms with Crippen LogP contribution in [-0.2, 0) is 9.53 Å². The molecule has 0 spiro atoms. The van der Waals surface area contributed by atoms with Gasteiger partial charge in [-0.15, -0.1) is 0 Å². The number of rotatable bonds is 8. The number of methoxy groups -OCH3 is 4. The number of carbonyl (C=O) groups is 1. The lowest BCUT2D eigenvalue weighted by Gasteiger charge is -2.25. The first kappa shape index (κ1) is 27.7. The first-order chi connectivity index (χ1) is 18.3. The Balaban J connectivity index is 1.96. The molecule has 3 aromatic rings. The maximum absolute atomic E-state index is 13.9. The van der Waals surface area contributed by atoms with E-state index in [0.29, 0.717) is 49.2 Å². The van der Waals surface area contributed by atoms with Gasteiger partial charge in [-0.2, -0.15) is 0 Å². The molecule has 38 heavy (non-hydrogen) atoms. The summed E-state index contributed by atoms with van der Waals surface area (Å²) in [6, 6.07) is 8.25. The third-order valence-corrected chi connectivity index (χ3v) is 7.78. The molecule has 1 aliphatic rings. The molecule has 1 unspecified atom stereocenters. The molecule has 0 saturated heterocycles. The van der Waals surface area contributed by atoms with E-state index in [1.54, 1.807) is 65.5 Å². The Morgan fingerprint density at radius 3 is 2.39 bits per heavy atom. The van der Waals surface area contributed by atoms with Crippen molar-refractivity contribution in [3.8, 4) is 23.0 Å². The van der Waals surface area contributed by atoms with Gasteiger partial charge in [-0.1, -0.05) is 17.4 Å². The molecule has 0 amide bonds. The smallest absolute Gasteiger partial charge is 0.338 e. The first-order valence-corrected chi connectivity index (χ1v) is 13.5. The fraction of sp³-hybridized carbons (Fsp3) is 0.296. The Hall–Kier alpha value is -3.32. The molecule has 0 saturated carbocycles. The number of ether oxygens (including phenoxy) is 5. The van der Waals surface area contributed by atoms with E-state index in [1.165, 1.54) is 23.0 Å². The van der Waals surface area contributed by atoms with Crippen LogP contribution >= 0.6 is 33.9 Å². The van der Waals surface area contributed by atoms with Gasteiger partial charge in [0, 0.05) is 0 Å². The van der Waals surface area contributed by atoms with Gasteiger partial charge in [-0.3, -0.25) is 9.36 Å². The van der Waals surface area contributed by atoms with Crippen molar-refractivity contribution in [1.82, 2.24) is 4.57 Å². The molecule has 1 atom stereocenters. The second kappa shape index (κ2) is 11.6. The number of esters is 1. The molecule has 2 heterocycles. The summed E-state index contributed by atoms with van der Waals surface area (Å²) in [5.41, 5.74) is 1.91. The third-order valence-electron chi connectivity index (χ3n) is 5.99. The molecule has 0 fully saturated rings. The summed E-state index contributed by atoms with van der Waals surface area (Å²) in [6.07, 6.45) is 1.78. The van der Waals surface area contributed by atoms with Crippen LogP contribution in [0.15, 0.2) is 51.4 Å². The van der Waals surface area contributed by atoms with Gasteiger partial charge in [0.25, 0.3) is 5.56 Å². The summed E-state index contributed by atoms with van der Waals surface area (Å²) in [5, 5.41) is 0. The zero-order valence-corrected chi connectivity index (χ0v) is 24.8. The number of allylic oxidation sites excluding steroid dienone is 1. The van der Waals surface area contributed by atoms with Gasteiger partial charge in [0.05, 0.1) is 60.5 Å². The molecule has 1 aromatic heterocycles. The molecule has 1 aliphatic heterocycles. The molecular weight excluding hydrogens is 623 g/mol. The Kier molecular flexibility index (Phi) is 8.46. The Morgan fingerprint density at radius 2 is 1.76 bits per heavy atom. The minimum absolute atomic E-state index is 0.191. The third kappa shape index (κ3) is 5.04. The molecule has 0 bridgehead atoms. The Morgan fingerprint density at radius 1 is 1.05 bits per heavy atom. The molecule has 0 radical (unpaired) electrons. The SMILES string of the molecule is CCOC(=O)C1=C(C)N=c2s/c(=C/c3cc(I)c(OC)c(OC)c3)c(=O)n2C1c1ccc(OC)c(OC)c1. The van der Waals surface area contributed by atoms with Crippen LogP contribution in [0, 0.1) is 3.57 Å².